The molecule has 2 aromatic rings. The van der Waals surface area contributed by atoms with Crippen LogP contribution in [0.2, 0.25) is 0 Å². The fraction of sp³-hybridized carbons (Fsp3) is 0.333. The molecule has 2 heterocycles. The lowest BCUT2D eigenvalue weighted by Gasteiger charge is -2.17. The second-order valence-electron chi connectivity index (χ2n) is 3.70. The molecule has 0 amide bonds. The molecule has 0 aliphatic heterocycles. The number of rotatable bonds is 5. The van der Waals surface area contributed by atoms with Crippen LogP contribution in [-0.4, -0.2) is 16.5 Å². The Morgan fingerprint density at radius 3 is 2.94 bits per heavy atom. The Morgan fingerprint density at radius 1 is 1.47 bits per heavy atom. The number of nitrogens with zero attached hydrogens (tertiary/aromatic N) is 2. The third-order valence-corrected chi connectivity index (χ3v) is 4.20. The summed E-state index contributed by atoms with van der Waals surface area (Å²) in [6, 6.07) is 2.09. The monoisotopic (exact) mass is 311 g/mol. The van der Waals surface area contributed by atoms with Crippen molar-refractivity contribution in [1.29, 1.82) is 0 Å². The van der Waals surface area contributed by atoms with Gasteiger partial charge in [0.05, 0.1) is 11.7 Å². The predicted molar refractivity (Wildman–Crippen MR) is 74.2 cm³/mol. The molecule has 0 saturated carbocycles. The fourth-order valence-corrected chi connectivity index (χ4v) is 3.18. The molecule has 0 aromatic carbocycles. The first-order valence-electron chi connectivity index (χ1n) is 5.53. The van der Waals surface area contributed by atoms with Crippen molar-refractivity contribution in [2.24, 2.45) is 0 Å². The number of hydrogen-bond donors (Lipinski definition) is 1. The molecule has 0 radical (unpaired) electrons. The minimum absolute atomic E-state index is 0.138. The largest absolute Gasteiger partial charge is 0.305 e. The van der Waals surface area contributed by atoms with E-state index >= 15 is 0 Å². The van der Waals surface area contributed by atoms with Crippen molar-refractivity contribution in [3.8, 4) is 0 Å². The van der Waals surface area contributed by atoms with Gasteiger partial charge in [-0.05, 0) is 45.9 Å². The molecule has 0 fully saturated rings. The summed E-state index contributed by atoms with van der Waals surface area (Å²) in [6.45, 7) is 3.13. The molecular formula is C12H14BrN3S. The normalized spacial score (nSPS) is 12.6. The van der Waals surface area contributed by atoms with E-state index in [1.165, 1.54) is 5.56 Å². The maximum absolute atomic E-state index is 4.34. The van der Waals surface area contributed by atoms with Crippen LogP contribution in [0.3, 0.4) is 0 Å². The zero-order chi connectivity index (χ0) is 12.1. The van der Waals surface area contributed by atoms with Crippen LogP contribution in [-0.2, 0) is 0 Å². The van der Waals surface area contributed by atoms with Crippen LogP contribution < -0.4 is 5.32 Å². The summed E-state index contributed by atoms with van der Waals surface area (Å²) < 4.78 is 1.13. The molecule has 5 heteroatoms. The van der Waals surface area contributed by atoms with Crippen LogP contribution in [0.5, 0.6) is 0 Å². The van der Waals surface area contributed by atoms with E-state index in [0.29, 0.717) is 0 Å². The van der Waals surface area contributed by atoms with Crippen molar-refractivity contribution in [3.05, 3.63) is 45.1 Å². The van der Waals surface area contributed by atoms with Crippen LogP contribution in [0.4, 0.5) is 0 Å². The molecule has 1 unspecified atom stereocenters. The fourth-order valence-electron chi connectivity index (χ4n) is 1.63. The first kappa shape index (κ1) is 12.7. The maximum atomic E-state index is 4.34. The van der Waals surface area contributed by atoms with E-state index in [1.54, 1.807) is 23.9 Å². The van der Waals surface area contributed by atoms with Gasteiger partial charge in [0.25, 0.3) is 0 Å². The quantitative estimate of drug-likeness (QED) is 0.919. The molecule has 2 rings (SSSR count). The Morgan fingerprint density at radius 2 is 2.35 bits per heavy atom. The first-order chi connectivity index (χ1) is 8.33. The van der Waals surface area contributed by atoms with Crippen molar-refractivity contribution in [2.45, 2.75) is 19.4 Å². The van der Waals surface area contributed by atoms with E-state index in [0.717, 1.165) is 23.1 Å². The minimum Gasteiger partial charge on any atom is -0.305 e. The highest BCUT2D eigenvalue weighted by molar-refractivity contribution is 9.10. The smallest absolute Gasteiger partial charge is 0.115 e. The maximum Gasteiger partial charge on any atom is 0.115 e. The van der Waals surface area contributed by atoms with Gasteiger partial charge in [-0.3, -0.25) is 0 Å². The number of aromatic nitrogens is 2. The van der Waals surface area contributed by atoms with Gasteiger partial charge in [0.1, 0.15) is 6.33 Å². The average molecular weight is 312 g/mol. The Bertz CT molecular complexity index is 458. The summed E-state index contributed by atoms with van der Waals surface area (Å²) in [6.07, 6.45) is 4.48. The highest BCUT2D eigenvalue weighted by Gasteiger charge is 2.17. The van der Waals surface area contributed by atoms with E-state index in [-0.39, 0.29) is 6.04 Å². The van der Waals surface area contributed by atoms with Gasteiger partial charge in [-0.25, -0.2) is 9.97 Å². The van der Waals surface area contributed by atoms with Gasteiger partial charge in [0, 0.05) is 16.0 Å². The summed E-state index contributed by atoms with van der Waals surface area (Å²) in [7, 11) is 0. The second kappa shape index (κ2) is 6.23. The SMILES string of the molecule is CCCNC(c1ccncn1)c1cscc1Br. The summed E-state index contributed by atoms with van der Waals surface area (Å²) >= 11 is 5.28. The molecule has 1 atom stereocenters. The van der Waals surface area contributed by atoms with Crippen molar-refractivity contribution in [1.82, 2.24) is 15.3 Å². The third kappa shape index (κ3) is 3.12. The molecule has 3 nitrogen and oxygen atoms in total. The Hall–Kier alpha value is -0.780. The van der Waals surface area contributed by atoms with Gasteiger partial charge in [-0.2, -0.15) is 11.3 Å². The Kier molecular flexibility index (Phi) is 4.65. The summed E-state index contributed by atoms with van der Waals surface area (Å²) in [5.41, 5.74) is 2.25. The van der Waals surface area contributed by atoms with Gasteiger partial charge in [0.15, 0.2) is 0 Å². The highest BCUT2D eigenvalue weighted by atomic mass is 79.9. The van der Waals surface area contributed by atoms with E-state index in [2.05, 4.69) is 48.9 Å². The molecule has 0 spiro atoms. The molecule has 1 N–H and O–H groups in total. The van der Waals surface area contributed by atoms with E-state index in [4.69, 9.17) is 0 Å². The molecule has 0 saturated heterocycles. The van der Waals surface area contributed by atoms with Gasteiger partial charge < -0.3 is 5.32 Å². The van der Waals surface area contributed by atoms with E-state index < -0.39 is 0 Å². The van der Waals surface area contributed by atoms with Crippen LogP contribution in [0, 0.1) is 0 Å². The summed E-state index contributed by atoms with van der Waals surface area (Å²) in [5, 5.41) is 7.76. The number of nitrogens with one attached hydrogen (secondary N) is 1. The van der Waals surface area contributed by atoms with Crippen LogP contribution >= 0.6 is 27.3 Å². The topological polar surface area (TPSA) is 37.8 Å². The summed E-state index contributed by atoms with van der Waals surface area (Å²) in [4.78, 5) is 8.30. The van der Waals surface area contributed by atoms with E-state index in [9.17, 15) is 0 Å². The van der Waals surface area contributed by atoms with E-state index in [1.807, 2.05) is 6.07 Å². The molecule has 0 bridgehead atoms. The van der Waals surface area contributed by atoms with Crippen LogP contribution in [0.25, 0.3) is 0 Å². The van der Waals surface area contributed by atoms with Gasteiger partial charge in [-0.15, -0.1) is 0 Å². The molecule has 0 aliphatic carbocycles. The van der Waals surface area contributed by atoms with Gasteiger partial charge >= 0.3 is 0 Å². The molecule has 0 aliphatic rings. The molecule has 2 aromatic heterocycles. The van der Waals surface area contributed by atoms with Crippen LogP contribution in [0.1, 0.15) is 30.6 Å². The lowest BCUT2D eigenvalue weighted by atomic mass is 10.1. The predicted octanol–water partition coefficient (Wildman–Crippen LogP) is 3.39. The van der Waals surface area contributed by atoms with Crippen molar-refractivity contribution >= 4 is 27.3 Å². The number of halogens is 1. The standard InChI is InChI=1S/C12H14BrN3S/c1-2-4-15-12(9-6-17-7-10(9)13)11-3-5-14-8-16-11/h3,5-8,12,15H,2,4H2,1H3. The van der Waals surface area contributed by atoms with Gasteiger partial charge in [0.2, 0.25) is 0 Å². The zero-order valence-electron chi connectivity index (χ0n) is 9.56. The molecular weight excluding hydrogens is 298 g/mol. The van der Waals surface area contributed by atoms with Crippen LogP contribution in [0.15, 0.2) is 33.8 Å². The zero-order valence-corrected chi connectivity index (χ0v) is 12.0. The van der Waals surface area contributed by atoms with Gasteiger partial charge in [-0.1, -0.05) is 6.92 Å². The molecule has 17 heavy (non-hydrogen) atoms. The minimum atomic E-state index is 0.138. The first-order valence-corrected chi connectivity index (χ1v) is 7.27. The highest BCUT2D eigenvalue weighted by Crippen LogP contribution is 2.30. The number of thiophene rings is 1. The lowest BCUT2D eigenvalue weighted by Crippen LogP contribution is -2.24. The van der Waals surface area contributed by atoms with Crippen molar-refractivity contribution in [2.75, 3.05) is 6.54 Å². The number of hydrogen-bond acceptors (Lipinski definition) is 4. The molecule has 90 valence electrons. The van der Waals surface area contributed by atoms with Crippen molar-refractivity contribution in [3.63, 3.8) is 0 Å². The Balaban J connectivity index is 2.29. The average Bonchev–Trinajstić information content (AvgIpc) is 2.78. The third-order valence-electron chi connectivity index (χ3n) is 2.45. The lowest BCUT2D eigenvalue weighted by molar-refractivity contribution is 0.585. The summed E-state index contributed by atoms with van der Waals surface area (Å²) in [5.74, 6) is 0. The second-order valence-corrected chi connectivity index (χ2v) is 5.29. The Labute approximate surface area is 113 Å². The van der Waals surface area contributed by atoms with Crippen molar-refractivity contribution < 1.29 is 0 Å².